The fourth-order valence-corrected chi connectivity index (χ4v) is 2.60. The third-order valence-electron chi connectivity index (χ3n) is 3.22. The Bertz CT molecular complexity index is 729. The van der Waals surface area contributed by atoms with Crippen molar-refractivity contribution < 1.29 is 4.39 Å². The van der Waals surface area contributed by atoms with Gasteiger partial charge in [0.05, 0.1) is 6.54 Å². The lowest BCUT2D eigenvalue weighted by Crippen LogP contribution is -2.04. The second-order valence-electron chi connectivity index (χ2n) is 4.45. The summed E-state index contributed by atoms with van der Waals surface area (Å²) in [6.07, 6.45) is 1.95. The number of nitrogen functional groups attached to an aromatic ring is 1. The molecule has 0 bridgehead atoms. The average molecular weight is 319 g/mol. The summed E-state index contributed by atoms with van der Waals surface area (Å²) < 4.78 is 16.8. The standard InChI is InChI=1S/C15H12BrFN2/c16-11-4-5-15-10(8-11)6-7-19(15)9-12-13(17)2-1-3-14(12)18/h1-8H,9,18H2. The second-order valence-corrected chi connectivity index (χ2v) is 5.37. The summed E-state index contributed by atoms with van der Waals surface area (Å²) in [6.45, 7) is 0.434. The first-order chi connectivity index (χ1) is 9.15. The van der Waals surface area contributed by atoms with Crippen molar-refractivity contribution in [2.75, 3.05) is 5.73 Å². The lowest BCUT2D eigenvalue weighted by molar-refractivity contribution is 0.603. The van der Waals surface area contributed by atoms with Crippen molar-refractivity contribution in [2.45, 2.75) is 6.54 Å². The van der Waals surface area contributed by atoms with Crippen LogP contribution in [0.3, 0.4) is 0 Å². The van der Waals surface area contributed by atoms with E-state index < -0.39 is 0 Å². The molecule has 0 radical (unpaired) electrons. The fraction of sp³-hybridized carbons (Fsp3) is 0.0667. The summed E-state index contributed by atoms with van der Waals surface area (Å²) >= 11 is 3.44. The number of hydrogen-bond donors (Lipinski definition) is 1. The molecule has 1 aromatic heterocycles. The maximum atomic E-state index is 13.8. The van der Waals surface area contributed by atoms with Crippen LogP contribution in [-0.4, -0.2) is 4.57 Å². The maximum absolute atomic E-state index is 13.8. The van der Waals surface area contributed by atoms with Gasteiger partial charge in [0, 0.05) is 32.8 Å². The van der Waals surface area contributed by atoms with Gasteiger partial charge in [0.1, 0.15) is 5.82 Å². The maximum Gasteiger partial charge on any atom is 0.130 e. The van der Waals surface area contributed by atoms with E-state index in [-0.39, 0.29) is 5.82 Å². The Morgan fingerprint density at radius 1 is 1.16 bits per heavy atom. The molecule has 4 heteroatoms. The van der Waals surface area contributed by atoms with E-state index in [4.69, 9.17) is 5.73 Å². The van der Waals surface area contributed by atoms with Gasteiger partial charge in [-0.2, -0.15) is 0 Å². The van der Waals surface area contributed by atoms with Crippen molar-refractivity contribution in [3.63, 3.8) is 0 Å². The summed E-state index contributed by atoms with van der Waals surface area (Å²) in [5.74, 6) is -0.265. The highest BCUT2D eigenvalue weighted by atomic mass is 79.9. The van der Waals surface area contributed by atoms with Gasteiger partial charge in [-0.1, -0.05) is 22.0 Å². The molecule has 0 spiro atoms. The Balaban J connectivity index is 2.06. The van der Waals surface area contributed by atoms with Crippen LogP contribution in [-0.2, 0) is 6.54 Å². The summed E-state index contributed by atoms with van der Waals surface area (Å²) in [6, 6.07) is 12.8. The number of rotatable bonds is 2. The predicted octanol–water partition coefficient (Wildman–Crippen LogP) is 4.17. The van der Waals surface area contributed by atoms with Gasteiger partial charge in [-0.15, -0.1) is 0 Å². The smallest absolute Gasteiger partial charge is 0.130 e. The SMILES string of the molecule is Nc1cccc(F)c1Cn1ccc2cc(Br)ccc21. The summed E-state index contributed by atoms with van der Waals surface area (Å²) in [5, 5.41) is 1.12. The van der Waals surface area contributed by atoms with Gasteiger partial charge in [-0.3, -0.25) is 0 Å². The molecule has 0 aliphatic carbocycles. The van der Waals surface area contributed by atoms with E-state index in [1.54, 1.807) is 12.1 Å². The van der Waals surface area contributed by atoms with E-state index in [0.717, 1.165) is 15.4 Å². The van der Waals surface area contributed by atoms with Gasteiger partial charge in [-0.25, -0.2) is 4.39 Å². The Morgan fingerprint density at radius 2 is 2.00 bits per heavy atom. The van der Waals surface area contributed by atoms with Crippen LogP contribution in [0.25, 0.3) is 10.9 Å². The normalized spacial score (nSPS) is 11.1. The summed E-state index contributed by atoms with van der Waals surface area (Å²) in [7, 11) is 0. The number of benzene rings is 2. The van der Waals surface area contributed by atoms with Crippen LogP contribution in [0, 0.1) is 5.82 Å². The lowest BCUT2D eigenvalue weighted by Gasteiger charge is -2.09. The summed E-state index contributed by atoms with van der Waals surface area (Å²) in [4.78, 5) is 0. The Kier molecular flexibility index (Phi) is 3.03. The molecular formula is C15H12BrFN2. The molecule has 0 fully saturated rings. The van der Waals surface area contributed by atoms with Crippen molar-refractivity contribution in [3.8, 4) is 0 Å². The Morgan fingerprint density at radius 3 is 2.79 bits per heavy atom. The molecule has 0 saturated heterocycles. The van der Waals surface area contributed by atoms with Gasteiger partial charge >= 0.3 is 0 Å². The predicted molar refractivity (Wildman–Crippen MR) is 79.6 cm³/mol. The number of nitrogens with zero attached hydrogens (tertiary/aromatic N) is 1. The molecule has 0 aliphatic rings. The van der Waals surface area contributed by atoms with Crippen molar-refractivity contribution in [1.82, 2.24) is 4.57 Å². The van der Waals surface area contributed by atoms with E-state index in [1.165, 1.54) is 6.07 Å². The van der Waals surface area contributed by atoms with Crippen molar-refractivity contribution in [3.05, 3.63) is 64.5 Å². The highest BCUT2D eigenvalue weighted by Crippen LogP contribution is 2.24. The van der Waals surface area contributed by atoms with Gasteiger partial charge in [0.25, 0.3) is 0 Å². The molecule has 0 atom stereocenters. The van der Waals surface area contributed by atoms with E-state index in [9.17, 15) is 4.39 Å². The molecule has 19 heavy (non-hydrogen) atoms. The van der Waals surface area contributed by atoms with Crippen LogP contribution < -0.4 is 5.73 Å². The number of halogens is 2. The zero-order valence-electron chi connectivity index (χ0n) is 10.1. The summed E-state index contributed by atoms with van der Waals surface area (Å²) in [5.41, 5.74) is 7.92. The fourth-order valence-electron chi connectivity index (χ4n) is 2.22. The molecule has 2 aromatic carbocycles. The number of hydrogen-bond acceptors (Lipinski definition) is 1. The number of aromatic nitrogens is 1. The minimum absolute atomic E-state index is 0.265. The van der Waals surface area contributed by atoms with Gasteiger partial charge in [0.2, 0.25) is 0 Å². The van der Waals surface area contributed by atoms with E-state index in [2.05, 4.69) is 15.9 Å². The molecule has 96 valence electrons. The lowest BCUT2D eigenvalue weighted by atomic mass is 10.1. The highest BCUT2D eigenvalue weighted by molar-refractivity contribution is 9.10. The van der Waals surface area contributed by atoms with Gasteiger partial charge in [-0.05, 0) is 36.4 Å². The van der Waals surface area contributed by atoms with Crippen LogP contribution in [0.2, 0.25) is 0 Å². The van der Waals surface area contributed by atoms with E-state index >= 15 is 0 Å². The van der Waals surface area contributed by atoms with Gasteiger partial charge in [0.15, 0.2) is 0 Å². The first-order valence-corrected chi connectivity index (χ1v) is 6.72. The molecule has 0 aliphatic heterocycles. The van der Waals surface area contributed by atoms with E-state index in [1.807, 2.05) is 35.0 Å². The molecule has 1 heterocycles. The monoisotopic (exact) mass is 318 g/mol. The zero-order valence-corrected chi connectivity index (χ0v) is 11.7. The number of anilines is 1. The molecule has 2 N–H and O–H groups in total. The molecule has 0 saturated carbocycles. The molecule has 3 rings (SSSR count). The Labute approximate surface area is 118 Å². The number of fused-ring (bicyclic) bond motifs is 1. The van der Waals surface area contributed by atoms with Crippen molar-refractivity contribution >= 4 is 32.5 Å². The highest BCUT2D eigenvalue weighted by Gasteiger charge is 2.08. The average Bonchev–Trinajstić information content (AvgIpc) is 2.76. The molecule has 2 nitrogen and oxygen atoms in total. The third-order valence-corrected chi connectivity index (χ3v) is 3.71. The van der Waals surface area contributed by atoms with Gasteiger partial charge < -0.3 is 10.3 Å². The largest absolute Gasteiger partial charge is 0.398 e. The quantitative estimate of drug-likeness (QED) is 0.706. The van der Waals surface area contributed by atoms with Crippen molar-refractivity contribution in [2.24, 2.45) is 0 Å². The van der Waals surface area contributed by atoms with Crippen LogP contribution in [0.15, 0.2) is 53.1 Å². The molecule has 0 unspecified atom stereocenters. The van der Waals surface area contributed by atoms with Crippen LogP contribution in [0.5, 0.6) is 0 Å². The van der Waals surface area contributed by atoms with Crippen LogP contribution in [0.1, 0.15) is 5.56 Å². The Hall–Kier alpha value is -1.81. The van der Waals surface area contributed by atoms with Crippen LogP contribution in [0.4, 0.5) is 10.1 Å². The van der Waals surface area contributed by atoms with E-state index in [0.29, 0.717) is 17.8 Å². The topological polar surface area (TPSA) is 30.9 Å². The first kappa shape index (κ1) is 12.2. The molecular weight excluding hydrogens is 307 g/mol. The molecule has 0 amide bonds. The minimum atomic E-state index is -0.265. The minimum Gasteiger partial charge on any atom is -0.398 e. The third kappa shape index (κ3) is 2.24. The number of nitrogens with two attached hydrogens (primary N) is 1. The molecule has 3 aromatic rings. The second kappa shape index (κ2) is 4.70. The first-order valence-electron chi connectivity index (χ1n) is 5.92. The van der Waals surface area contributed by atoms with Crippen molar-refractivity contribution in [1.29, 1.82) is 0 Å². The van der Waals surface area contributed by atoms with Crippen LogP contribution >= 0.6 is 15.9 Å². The zero-order chi connectivity index (χ0) is 13.4.